The Morgan fingerprint density at radius 3 is 2.50 bits per heavy atom. The predicted molar refractivity (Wildman–Crippen MR) is 84.0 cm³/mol. The van der Waals surface area contributed by atoms with Gasteiger partial charge in [0.2, 0.25) is 0 Å². The van der Waals surface area contributed by atoms with Gasteiger partial charge in [-0.2, -0.15) is 0 Å². The van der Waals surface area contributed by atoms with Crippen LogP contribution in [-0.4, -0.2) is 30.6 Å². The number of ether oxygens (including phenoxy) is 1. The van der Waals surface area contributed by atoms with E-state index in [0.717, 1.165) is 4.88 Å². The van der Waals surface area contributed by atoms with Gasteiger partial charge in [-0.15, -0.1) is 11.3 Å². The van der Waals surface area contributed by atoms with Crippen LogP contribution >= 0.6 is 11.3 Å². The van der Waals surface area contributed by atoms with Crippen LogP contribution in [0.3, 0.4) is 0 Å². The van der Waals surface area contributed by atoms with Crippen LogP contribution in [0.25, 0.3) is 0 Å². The van der Waals surface area contributed by atoms with Crippen LogP contribution in [0.4, 0.5) is 0 Å². The van der Waals surface area contributed by atoms with E-state index >= 15 is 0 Å². The van der Waals surface area contributed by atoms with E-state index in [1.807, 2.05) is 17.5 Å². The first-order valence-electron chi connectivity index (χ1n) is 6.80. The zero-order valence-corrected chi connectivity index (χ0v) is 12.9. The highest BCUT2D eigenvalue weighted by Gasteiger charge is 2.11. The van der Waals surface area contributed by atoms with Crippen molar-refractivity contribution in [2.75, 3.05) is 13.7 Å². The lowest BCUT2D eigenvalue weighted by Crippen LogP contribution is -2.25. The Balaban J connectivity index is 1.83. The highest BCUT2D eigenvalue weighted by atomic mass is 32.1. The topological polar surface area (TPSA) is 75.6 Å². The highest BCUT2D eigenvalue weighted by Crippen LogP contribution is 2.20. The molecule has 1 amide bonds. The van der Waals surface area contributed by atoms with E-state index in [-0.39, 0.29) is 5.91 Å². The minimum absolute atomic E-state index is 0.241. The van der Waals surface area contributed by atoms with E-state index in [9.17, 15) is 14.7 Å². The van der Waals surface area contributed by atoms with Gasteiger partial charge in [-0.05, 0) is 42.1 Å². The number of nitrogens with one attached hydrogen (secondary N) is 1. The maximum Gasteiger partial charge on any atom is 0.337 e. The standard InChI is InChI=1S/C16H17NO4S/c1-21-16(20)12-6-4-11(5-7-12)15(19)17-9-8-13(18)14-3-2-10-22-14/h2-7,10,13,18H,8-9H2,1H3,(H,17,19)/t13-/m0/s1. The number of carbonyl (C=O) groups is 2. The Hall–Kier alpha value is -2.18. The number of rotatable bonds is 6. The van der Waals surface area contributed by atoms with Crippen LogP contribution in [0.15, 0.2) is 41.8 Å². The number of aliphatic hydroxyl groups is 1. The highest BCUT2D eigenvalue weighted by molar-refractivity contribution is 7.10. The van der Waals surface area contributed by atoms with Gasteiger partial charge in [0.05, 0.1) is 18.8 Å². The summed E-state index contributed by atoms with van der Waals surface area (Å²) >= 11 is 1.49. The third-order valence-corrected chi connectivity index (χ3v) is 4.12. The van der Waals surface area contributed by atoms with Crippen molar-refractivity contribution in [3.63, 3.8) is 0 Å². The molecule has 5 nitrogen and oxygen atoms in total. The number of aliphatic hydroxyl groups excluding tert-OH is 1. The lowest BCUT2D eigenvalue weighted by molar-refractivity contribution is 0.0600. The van der Waals surface area contributed by atoms with Gasteiger partial charge in [0.25, 0.3) is 5.91 Å². The molecule has 0 spiro atoms. The fourth-order valence-corrected chi connectivity index (χ4v) is 2.67. The average Bonchev–Trinajstić information content (AvgIpc) is 3.08. The number of hydrogen-bond acceptors (Lipinski definition) is 5. The molecule has 0 unspecified atom stereocenters. The van der Waals surface area contributed by atoms with Gasteiger partial charge < -0.3 is 15.2 Å². The molecule has 0 saturated carbocycles. The Kier molecular flexibility index (Phi) is 5.68. The molecule has 22 heavy (non-hydrogen) atoms. The molecule has 0 bridgehead atoms. The molecular formula is C16H17NO4S. The summed E-state index contributed by atoms with van der Waals surface area (Å²) in [5.74, 6) is -0.680. The van der Waals surface area contributed by atoms with E-state index < -0.39 is 12.1 Å². The van der Waals surface area contributed by atoms with Crippen molar-refractivity contribution < 1.29 is 19.4 Å². The maximum atomic E-state index is 12.0. The first-order valence-corrected chi connectivity index (χ1v) is 7.68. The quantitative estimate of drug-likeness (QED) is 0.802. The number of hydrogen-bond donors (Lipinski definition) is 2. The molecule has 1 heterocycles. The van der Waals surface area contributed by atoms with Gasteiger partial charge in [-0.1, -0.05) is 6.07 Å². The Morgan fingerprint density at radius 1 is 1.23 bits per heavy atom. The summed E-state index contributed by atoms with van der Waals surface area (Å²) < 4.78 is 4.60. The molecule has 2 N–H and O–H groups in total. The van der Waals surface area contributed by atoms with Gasteiger partial charge >= 0.3 is 5.97 Å². The van der Waals surface area contributed by atoms with Gasteiger partial charge in [0, 0.05) is 17.0 Å². The fraction of sp³-hybridized carbons (Fsp3) is 0.250. The molecule has 0 aliphatic carbocycles. The monoisotopic (exact) mass is 319 g/mol. The maximum absolute atomic E-state index is 12.0. The zero-order chi connectivity index (χ0) is 15.9. The van der Waals surface area contributed by atoms with Crippen LogP contribution in [0.2, 0.25) is 0 Å². The lowest BCUT2D eigenvalue weighted by Gasteiger charge is -2.10. The Bertz CT molecular complexity index is 622. The molecule has 2 rings (SSSR count). The van der Waals surface area contributed by atoms with Gasteiger partial charge in [0.15, 0.2) is 0 Å². The zero-order valence-electron chi connectivity index (χ0n) is 12.1. The lowest BCUT2D eigenvalue weighted by atomic mass is 10.1. The van der Waals surface area contributed by atoms with E-state index in [1.165, 1.54) is 18.4 Å². The number of thiophene rings is 1. The van der Waals surface area contributed by atoms with Crippen LogP contribution in [-0.2, 0) is 4.74 Å². The summed E-state index contributed by atoms with van der Waals surface area (Å²) in [4.78, 5) is 24.1. The number of benzene rings is 1. The predicted octanol–water partition coefficient (Wildman–Crippen LogP) is 2.39. The number of esters is 1. The molecule has 0 fully saturated rings. The minimum atomic E-state index is -0.568. The van der Waals surface area contributed by atoms with Crippen LogP contribution in [0, 0.1) is 0 Å². The first kappa shape index (κ1) is 16.2. The molecule has 1 aromatic carbocycles. The molecular weight excluding hydrogens is 302 g/mol. The van der Waals surface area contributed by atoms with Crippen molar-refractivity contribution >= 4 is 23.2 Å². The van der Waals surface area contributed by atoms with Gasteiger partial charge in [-0.3, -0.25) is 4.79 Å². The second-order valence-corrected chi connectivity index (χ2v) is 5.62. The summed E-state index contributed by atoms with van der Waals surface area (Å²) in [7, 11) is 1.31. The normalized spacial score (nSPS) is 11.7. The van der Waals surface area contributed by atoms with Gasteiger partial charge in [-0.25, -0.2) is 4.79 Å². The molecule has 116 valence electrons. The van der Waals surface area contributed by atoms with Crippen molar-refractivity contribution in [2.24, 2.45) is 0 Å². The second kappa shape index (κ2) is 7.72. The molecule has 0 saturated heterocycles. The van der Waals surface area contributed by atoms with Crippen molar-refractivity contribution in [3.05, 3.63) is 57.8 Å². The summed E-state index contributed by atoms with van der Waals surface area (Å²) in [6, 6.07) is 9.96. The van der Waals surface area contributed by atoms with Crippen molar-refractivity contribution in [2.45, 2.75) is 12.5 Å². The first-order chi connectivity index (χ1) is 10.6. The SMILES string of the molecule is COC(=O)c1ccc(C(=O)NCC[C@H](O)c2cccs2)cc1. The molecule has 1 aromatic heterocycles. The Labute approximate surface area is 132 Å². The van der Waals surface area contributed by atoms with Crippen molar-refractivity contribution in [1.29, 1.82) is 0 Å². The second-order valence-electron chi connectivity index (χ2n) is 4.64. The number of carbonyl (C=O) groups excluding carboxylic acids is 2. The third-order valence-electron chi connectivity index (χ3n) is 3.14. The summed E-state index contributed by atoms with van der Waals surface area (Å²) in [6.07, 6.45) is -0.117. The van der Waals surface area contributed by atoms with Crippen molar-refractivity contribution in [1.82, 2.24) is 5.32 Å². The van der Waals surface area contributed by atoms with Crippen LogP contribution < -0.4 is 5.32 Å². The molecule has 0 aliphatic heterocycles. The van der Waals surface area contributed by atoms with E-state index in [1.54, 1.807) is 24.3 Å². The fourth-order valence-electron chi connectivity index (χ4n) is 1.92. The summed E-state index contributed by atoms with van der Waals surface area (Å²) in [5, 5.41) is 14.6. The summed E-state index contributed by atoms with van der Waals surface area (Å²) in [6.45, 7) is 0.372. The van der Waals surface area contributed by atoms with E-state index in [0.29, 0.717) is 24.1 Å². The largest absolute Gasteiger partial charge is 0.465 e. The number of amides is 1. The van der Waals surface area contributed by atoms with Crippen molar-refractivity contribution in [3.8, 4) is 0 Å². The molecule has 1 atom stereocenters. The third kappa shape index (κ3) is 4.16. The van der Waals surface area contributed by atoms with E-state index in [2.05, 4.69) is 10.1 Å². The van der Waals surface area contributed by atoms with Gasteiger partial charge in [0.1, 0.15) is 0 Å². The van der Waals surface area contributed by atoms with E-state index in [4.69, 9.17) is 0 Å². The smallest absolute Gasteiger partial charge is 0.337 e. The molecule has 6 heteroatoms. The Morgan fingerprint density at radius 2 is 1.91 bits per heavy atom. The molecule has 0 aliphatic rings. The average molecular weight is 319 g/mol. The number of methoxy groups -OCH3 is 1. The molecule has 0 radical (unpaired) electrons. The minimum Gasteiger partial charge on any atom is -0.465 e. The summed E-state index contributed by atoms with van der Waals surface area (Å²) in [5.41, 5.74) is 0.852. The van der Waals surface area contributed by atoms with Crippen LogP contribution in [0.5, 0.6) is 0 Å². The van der Waals surface area contributed by atoms with Crippen LogP contribution in [0.1, 0.15) is 38.1 Å². The molecule has 2 aromatic rings.